The second kappa shape index (κ2) is 11.5. The Hall–Kier alpha value is -4.31. The van der Waals surface area contributed by atoms with Crippen molar-refractivity contribution in [2.75, 3.05) is 0 Å². The molecule has 3 aromatic rings. The van der Waals surface area contributed by atoms with Crippen LogP contribution >= 0.6 is 0 Å². The summed E-state index contributed by atoms with van der Waals surface area (Å²) in [6.45, 7) is 0.360. The monoisotopic (exact) mass is 464 g/mol. The molecule has 0 aliphatic carbocycles. The third-order valence-corrected chi connectivity index (χ3v) is 5.20. The van der Waals surface area contributed by atoms with E-state index >= 15 is 0 Å². The van der Waals surface area contributed by atoms with Crippen LogP contribution < -0.4 is 10.6 Å². The van der Waals surface area contributed by atoms with Crippen molar-refractivity contribution in [2.45, 2.75) is 31.5 Å². The van der Waals surface area contributed by atoms with E-state index in [9.17, 15) is 29.9 Å². The lowest BCUT2D eigenvalue weighted by Crippen LogP contribution is -2.51. The van der Waals surface area contributed by atoms with Gasteiger partial charge in [0.2, 0.25) is 5.91 Å². The molecule has 0 fully saturated rings. The number of hydrogen-bond donors (Lipinski definition) is 4. The Balaban J connectivity index is 1.72. The number of carboxylic acids is 1. The minimum atomic E-state index is -1.22. The molecule has 0 saturated heterocycles. The Morgan fingerprint density at radius 2 is 1.44 bits per heavy atom. The van der Waals surface area contributed by atoms with Gasteiger partial charge in [-0.2, -0.15) is 0 Å². The smallest absolute Gasteiger partial charge is 0.326 e. The predicted molar refractivity (Wildman–Crippen MR) is 123 cm³/mol. The van der Waals surface area contributed by atoms with Crippen molar-refractivity contribution in [3.05, 3.63) is 99.9 Å². The highest BCUT2D eigenvalue weighted by Gasteiger charge is 2.26. The zero-order valence-corrected chi connectivity index (χ0v) is 18.1. The normalized spacial score (nSPS) is 12.5. The Morgan fingerprint density at radius 3 is 2.00 bits per heavy atom. The van der Waals surface area contributed by atoms with E-state index in [0.717, 1.165) is 11.1 Å². The highest BCUT2D eigenvalue weighted by Crippen LogP contribution is 2.15. The van der Waals surface area contributed by atoms with E-state index in [1.165, 1.54) is 36.4 Å². The quantitative estimate of drug-likeness (QED) is 0.249. The van der Waals surface area contributed by atoms with Crippen LogP contribution in [0.1, 0.15) is 16.7 Å². The van der Waals surface area contributed by atoms with E-state index < -0.39 is 28.9 Å². The maximum Gasteiger partial charge on any atom is 0.326 e. The van der Waals surface area contributed by atoms with Crippen molar-refractivity contribution >= 4 is 17.6 Å². The first kappa shape index (κ1) is 24.3. The first-order valence-corrected chi connectivity index (χ1v) is 10.5. The molecule has 1 aromatic heterocycles. The van der Waals surface area contributed by atoms with Gasteiger partial charge in [0, 0.05) is 37.5 Å². The zero-order chi connectivity index (χ0) is 24.5. The standard InChI is InChI=1S/C24H24N4O6/c29-20-7-3-17(4-8-20)13-21(26-15-18-9-11-25-12-10-18)23(30)27-22(24(31)32)14-16-1-5-19(6-2-16)28(33)34/h1-12,21-22,26,29H,13-15H2,(H,27,30)(H,31,32)/t21-,22-/m0/s1. The maximum atomic E-state index is 13.1. The van der Waals surface area contributed by atoms with Crippen molar-refractivity contribution in [3.63, 3.8) is 0 Å². The largest absolute Gasteiger partial charge is 0.508 e. The number of carbonyl (C=O) groups excluding carboxylic acids is 1. The van der Waals surface area contributed by atoms with Crippen LogP contribution in [0.15, 0.2) is 73.1 Å². The van der Waals surface area contributed by atoms with E-state index in [4.69, 9.17) is 0 Å². The van der Waals surface area contributed by atoms with Crippen molar-refractivity contribution < 1.29 is 24.7 Å². The number of carboxylic acid groups (broad SMARTS) is 1. The Morgan fingerprint density at radius 1 is 0.882 bits per heavy atom. The molecular formula is C24H24N4O6. The van der Waals surface area contributed by atoms with Crippen LogP contribution in [0, 0.1) is 10.1 Å². The van der Waals surface area contributed by atoms with Crippen LogP contribution in [0.25, 0.3) is 0 Å². The number of nitro benzene ring substituents is 1. The summed E-state index contributed by atoms with van der Waals surface area (Å²) in [7, 11) is 0. The summed E-state index contributed by atoms with van der Waals surface area (Å²) in [5, 5.41) is 35.7. The number of nitro groups is 1. The van der Waals surface area contributed by atoms with Gasteiger partial charge < -0.3 is 20.8 Å². The van der Waals surface area contributed by atoms with E-state index in [-0.39, 0.29) is 24.3 Å². The number of aromatic hydroxyl groups is 1. The molecule has 1 amide bonds. The maximum absolute atomic E-state index is 13.1. The summed E-state index contributed by atoms with van der Waals surface area (Å²) in [5.74, 6) is -1.62. The van der Waals surface area contributed by atoms with Crippen LogP contribution in [-0.4, -0.2) is 44.1 Å². The van der Waals surface area contributed by atoms with Gasteiger partial charge in [-0.15, -0.1) is 0 Å². The molecule has 10 heteroatoms. The number of phenolic OH excluding ortho intramolecular Hbond substituents is 1. The highest BCUT2D eigenvalue weighted by molar-refractivity contribution is 5.87. The van der Waals surface area contributed by atoms with Crippen molar-refractivity contribution in [1.82, 2.24) is 15.6 Å². The SMILES string of the molecule is O=C(O)[C@H](Cc1ccc([N+](=O)[O-])cc1)NC(=O)[C@H](Cc1ccc(O)cc1)NCc1ccncc1. The molecule has 1 heterocycles. The number of aliphatic carboxylic acids is 1. The van der Waals surface area contributed by atoms with Gasteiger partial charge >= 0.3 is 5.97 Å². The van der Waals surface area contributed by atoms with Crippen LogP contribution in [0.3, 0.4) is 0 Å². The summed E-state index contributed by atoms with van der Waals surface area (Å²) < 4.78 is 0. The van der Waals surface area contributed by atoms with Gasteiger partial charge in [0.15, 0.2) is 0 Å². The number of nitrogens with zero attached hydrogens (tertiary/aromatic N) is 2. The third-order valence-electron chi connectivity index (χ3n) is 5.20. The molecule has 0 aliphatic heterocycles. The summed E-state index contributed by atoms with van der Waals surface area (Å²) >= 11 is 0. The van der Waals surface area contributed by atoms with Gasteiger partial charge in [-0.05, 0) is 47.4 Å². The van der Waals surface area contributed by atoms with Gasteiger partial charge in [0.1, 0.15) is 11.8 Å². The Labute approximate surface area is 195 Å². The molecule has 176 valence electrons. The molecule has 0 saturated carbocycles. The van der Waals surface area contributed by atoms with Gasteiger partial charge in [-0.25, -0.2) is 4.79 Å². The average molecular weight is 464 g/mol. The molecular weight excluding hydrogens is 440 g/mol. The fraction of sp³-hybridized carbons (Fsp3) is 0.208. The number of rotatable bonds is 11. The number of carbonyl (C=O) groups is 2. The minimum Gasteiger partial charge on any atom is -0.508 e. The minimum absolute atomic E-state index is 0.0324. The molecule has 2 aromatic carbocycles. The van der Waals surface area contributed by atoms with Gasteiger partial charge in [-0.3, -0.25) is 19.9 Å². The number of aromatic nitrogens is 1. The number of pyridine rings is 1. The van der Waals surface area contributed by atoms with Crippen molar-refractivity contribution in [2.24, 2.45) is 0 Å². The number of phenols is 1. The number of non-ortho nitro benzene ring substituents is 1. The molecule has 0 aliphatic rings. The Kier molecular flexibility index (Phi) is 8.25. The number of nitrogens with one attached hydrogen (secondary N) is 2. The van der Waals surface area contributed by atoms with Crippen molar-refractivity contribution in [3.8, 4) is 5.75 Å². The van der Waals surface area contributed by atoms with Gasteiger partial charge in [-0.1, -0.05) is 24.3 Å². The molecule has 2 atom stereocenters. The molecule has 34 heavy (non-hydrogen) atoms. The van der Waals surface area contributed by atoms with Crippen molar-refractivity contribution in [1.29, 1.82) is 0 Å². The fourth-order valence-corrected chi connectivity index (χ4v) is 3.33. The molecule has 0 radical (unpaired) electrons. The summed E-state index contributed by atoms with van der Waals surface area (Å²) in [5.41, 5.74) is 2.12. The average Bonchev–Trinajstić information content (AvgIpc) is 2.83. The fourth-order valence-electron chi connectivity index (χ4n) is 3.33. The zero-order valence-electron chi connectivity index (χ0n) is 18.1. The molecule has 0 unspecified atom stereocenters. The molecule has 0 bridgehead atoms. The van der Waals surface area contributed by atoms with E-state index in [2.05, 4.69) is 15.6 Å². The summed E-state index contributed by atoms with van der Waals surface area (Å²) in [6.07, 6.45) is 3.50. The van der Waals surface area contributed by atoms with E-state index in [0.29, 0.717) is 12.1 Å². The van der Waals surface area contributed by atoms with Crippen LogP contribution in [0.4, 0.5) is 5.69 Å². The van der Waals surface area contributed by atoms with Gasteiger partial charge in [0.05, 0.1) is 11.0 Å². The summed E-state index contributed by atoms with van der Waals surface area (Å²) in [6, 6.07) is 13.6. The first-order valence-electron chi connectivity index (χ1n) is 10.5. The molecule has 3 rings (SSSR count). The van der Waals surface area contributed by atoms with E-state index in [1.807, 2.05) is 0 Å². The lowest BCUT2D eigenvalue weighted by atomic mass is 10.0. The van der Waals surface area contributed by atoms with E-state index in [1.54, 1.807) is 36.7 Å². The van der Waals surface area contributed by atoms with Crippen LogP contribution in [0.2, 0.25) is 0 Å². The lowest BCUT2D eigenvalue weighted by Gasteiger charge is -2.22. The van der Waals surface area contributed by atoms with Crippen LogP contribution in [0.5, 0.6) is 5.75 Å². The molecule has 0 spiro atoms. The number of amides is 1. The summed E-state index contributed by atoms with van der Waals surface area (Å²) in [4.78, 5) is 39.2. The second-order valence-electron chi connectivity index (χ2n) is 7.69. The van der Waals surface area contributed by atoms with Gasteiger partial charge in [0.25, 0.3) is 5.69 Å². The lowest BCUT2D eigenvalue weighted by molar-refractivity contribution is -0.384. The predicted octanol–water partition coefficient (Wildman–Crippen LogP) is 2.21. The van der Waals surface area contributed by atoms with Crippen LogP contribution in [-0.2, 0) is 29.0 Å². The molecule has 4 N–H and O–H groups in total. The third kappa shape index (κ3) is 7.10. The molecule has 10 nitrogen and oxygen atoms in total. The highest BCUT2D eigenvalue weighted by atomic mass is 16.6. The Bertz CT molecular complexity index is 1120. The number of benzene rings is 2. The second-order valence-corrected chi connectivity index (χ2v) is 7.69. The number of hydrogen-bond acceptors (Lipinski definition) is 7. The topological polar surface area (TPSA) is 155 Å². The first-order chi connectivity index (χ1) is 16.3.